The number of fused-ring (bicyclic) bond motifs is 1. The van der Waals surface area contributed by atoms with E-state index >= 15 is 0 Å². The number of carbonyl (C=O) groups is 2. The van der Waals surface area contributed by atoms with Crippen molar-refractivity contribution in [3.63, 3.8) is 0 Å². The summed E-state index contributed by atoms with van der Waals surface area (Å²) in [5, 5.41) is 9.64. The van der Waals surface area contributed by atoms with Crippen molar-refractivity contribution in [2.45, 2.75) is 6.92 Å². The number of hydrogen-bond donors (Lipinski definition) is 1. The summed E-state index contributed by atoms with van der Waals surface area (Å²) in [6.07, 6.45) is 0. The van der Waals surface area contributed by atoms with E-state index in [1.807, 2.05) is 0 Å². The summed E-state index contributed by atoms with van der Waals surface area (Å²) in [6, 6.07) is 12.6. The van der Waals surface area contributed by atoms with Crippen LogP contribution in [0.5, 0.6) is 0 Å². The molecule has 0 amide bonds. The van der Waals surface area contributed by atoms with Crippen molar-refractivity contribution in [3.8, 4) is 11.1 Å². The van der Waals surface area contributed by atoms with Gasteiger partial charge in [-0.25, -0.2) is 9.59 Å². The van der Waals surface area contributed by atoms with Crippen molar-refractivity contribution in [1.82, 2.24) is 0 Å². The molecular formula is C19H14O6. The number of ether oxygens (including phenoxy) is 1. The molecule has 1 aromatic heterocycles. The monoisotopic (exact) mass is 338 g/mol. The molecule has 0 fully saturated rings. The van der Waals surface area contributed by atoms with E-state index in [0.29, 0.717) is 5.56 Å². The topological polar surface area (TPSA) is 93.8 Å². The Morgan fingerprint density at radius 2 is 1.84 bits per heavy atom. The summed E-state index contributed by atoms with van der Waals surface area (Å²) in [7, 11) is 0. The normalized spacial score (nSPS) is 10.6. The van der Waals surface area contributed by atoms with E-state index in [2.05, 4.69) is 0 Å². The third-order valence-electron chi connectivity index (χ3n) is 3.66. The van der Waals surface area contributed by atoms with Crippen LogP contribution in [0.4, 0.5) is 0 Å². The molecule has 3 aromatic rings. The molecule has 25 heavy (non-hydrogen) atoms. The van der Waals surface area contributed by atoms with Crippen LogP contribution in [0.3, 0.4) is 0 Å². The zero-order valence-electron chi connectivity index (χ0n) is 13.3. The number of esters is 1. The van der Waals surface area contributed by atoms with Crippen LogP contribution >= 0.6 is 0 Å². The number of hydrogen-bond acceptors (Lipinski definition) is 5. The molecule has 1 N–H and O–H groups in total. The maximum Gasteiger partial charge on any atom is 0.372 e. The van der Waals surface area contributed by atoms with E-state index in [4.69, 9.17) is 9.15 Å². The molecule has 0 radical (unpaired) electrons. The smallest absolute Gasteiger partial charge is 0.372 e. The predicted octanol–water partition coefficient (Wildman–Crippen LogP) is 3.33. The Hall–Kier alpha value is -3.41. The molecule has 0 aliphatic carbocycles. The van der Waals surface area contributed by atoms with Crippen LogP contribution in [0, 0.1) is 0 Å². The third-order valence-corrected chi connectivity index (χ3v) is 3.66. The number of benzene rings is 2. The lowest BCUT2D eigenvalue weighted by molar-refractivity contribution is 0.0526. The van der Waals surface area contributed by atoms with Crippen LogP contribution < -0.4 is 5.43 Å². The molecule has 0 aliphatic heterocycles. The molecule has 0 saturated carbocycles. The van der Waals surface area contributed by atoms with Crippen molar-refractivity contribution >= 4 is 22.9 Å². The first-order valence-corrected chi connectivity index (χ1v) is 7.59. The Bertz CT molecular complexity index is 1020. The second-order valence-corrected chi connectivity index (χ2v) is 5.24. The molecule has 126 valence electrons. The summed E-state index contributed by atoms with van der Waals surface area (Å²) >= 11 is 0. The van der Waals surface area contributed by atoms with Gasteiger partial charge >= 0.3 is 11.9 Å². The Morgan fingerprint density at radius 3 is 2.48 bits per heavy atom. The van der Waals surface area contributed by atoms with Crippen molar-refractivity contribution in [2.24, 2.45) is 0 Å². The van der Waals surface area contributed by atoms with E-state index in [0.717, 1.165) is 0 Å². The van der Waals surface area contributed by atoms with E-state index in [9.17, 15) is 19.5 Å². The summed E-state index contributed by atoms with van der Waals surface area (Å²) in [4.78, 5) is 36.2. The average molecular weight is 338 g/mol. The Balaban J connectivity index is 2.29. The first-order chi connectivity index (χ1) is 12.0. The zero-order chi connectivity index (χ0) is 18.0. The first kappa shape index (κ1) is 16.4. The zero-order valence-corrected chi connectivity index (χ0v) is 13.3. The second kappa shape index (κ2) is 6.60. The molecule has 0 unspecified atom stereocenters. The van der Waals surface area contributed by atoms with Crippen LogP contribution in [0.25, 0.3) is 22.1 Å². The maximum absolute atomic E-state index is 12.8. The Morgan fingerprint density at radius 1 is 1.12 bits per heavy atom. The van der Waals surface area contributed by atoms with E-state index in [-0.39, 0.29) is 28.7 Å². The summed E-state index contributed by atoms with van der Waals surface area (Å²) in [5.74, 6) is -2.40. The lowest BCUT2D eigenvalue weighted by Crippen LogP contribution is -2.13. The van der Waals surface area contributed by atoms with Gasteiger partial charge in [0.15, 0.2) is 0 Å². The molecule has 1 heterocycles. The van der Waals surface area contributed by atoms with E-state index < -0.39 is 23.1 Å². The Labute approximate surface area is 142 Å². The quantitative estimate of drug-likeness (QED) is 0.733. The van der Waals surface area contributed by atoms with Crippen LogP contribution in [-0.2, 0) is 4.74 Å². The van der Waals surface area contributed by atoms with Crippen molar-refractivity contribution in [2.75, 3.05) is 6.61 Å². The highest BCUT2D eigenvalue weighted by Crippen LogP contribution is 2.25. The van der Waals surface area contributed by atoms with Gasteiger partial charge in [0.05, 0.1) is 23.1 Å². The molecular weight excluding hydrogens is 324 g/mol. The van der Waals surface area contributed by atoms with Crippen molar-refractivity contribution in [3.05, 3.63) is 70.1 Å². The minimum atomic E-state index is -1.36. The third kappa shape index (κ3) is 3.01. The highest BCUT2D eigenvalue weighted by Gasteiger charge is 2.22. The number of carboxylic acids is 1. The molecule has 6 heteroatoms. The SMILES string of the molecule is CCOC(=O)c1ccc2c(=O)c(-c3ccccc3)c(C(=O)O)oc2c1. The fraction of sp³-hybridized carbons (Fsp3) is 0.105. The summed E-state index contributed by atoms with van der Waals surface area (Å²) < 4.78 is 10.4. The number of aromatic carboxylic acids is 1. The molecule has 6 nitrogen and oxygen atoms in total. The highest BCUT2D eigenvalue weighted by molar-refractivity contribution is 5.98. The van der Waals surface area contributed by atoms with Gasteiger partial charge in [-0.3, -0.25) is 4.79 Å². The lowest BCUT2D eigenvalue weighted by atomic mass is 10.0. The standard InChI is InChI=1S/C19H14O6/c1-2-24-19(23)12-8-9-13-14(10-12)25-17(18(21)22)15(16(13)20)11-6-4-3-5-7-11/h3-10H,2H2,1H3,(H,21,22). The van der Waals surface area contributed by atoms with Gasteiger partial charge in [-0.15, -0.1) is 0 Å². The fourth-order valence-electron chi connectivity index (χ4n) is 2.55. The van der Waals surface area contributed by atoms with Gasteiger partial charge in [0.2, 0.25) is 11.2 Å². The molecule has 0 spiro atoms. The van der Waals surface area contributed by atoms with Crippen molar-refractivity contribution in [1.29, 1.82) is 0 Å². The number of rotatable bonds is 4. The van der Waals surface area contributed by atoms with Crippen LogP contribution in [-0.4, -0.2) is 23.7 Å². The van der Waals surface area contributed by atoms with Gasteiger partial charge in [-0.1, -0.05) is 30.3 Å². The molecule has 0 bridgehead atoms. The van der Waals surface area contributed by atoms with Gasteiger partial charge in [0, 0.05) is 0 Å². The minimum Gasteiger partial charge on any atom is -0.475 e. The van der Waals surface area contributed by atoms with E-state index in [1.54, 1.807) is 37.3 Å². The van der Waals surface area contributed by atoms with Crippen LogP contribution in [0.15, 0.2) is 57.7 Å². The van der Waals surface area contributed by atoms with E-state index in [1.165, 1.54) is 18.2 Å². The van der Waals surface area contributed by atoms with Gasteiger partial charge in [0.1, 0.15) is 5.58 Å². The molecule has 0 aliphatic rings. The van der Waals surface area contributed by atoms with Gasteiger partial charge in [0.25, 0.3) is 0 Å². The van der Waals surface area contributed by atoms with Gasteiger partial charge in [-0.2, -0.15) is 0 Å². The largest absolute Gasteiger partial charge is 0.475 e. The fourth-order valence-corrected chi connectivity index (χ4v) is 2.55. The first-order valence-electron chi connectivity index (χ1n) is 7.59. The van der Waals surface area contributed by atoms with Crippen LogP contribution in [0.1, 0.15) is 27.8 Å². The predicted molar refractivity (Wildman–Crippen MR) is 90.8 cm³/mol. The molecule has 0 atom stereocenters. The van der Waals surface area contributed by atoms with Gasteiger partial charge in [-0.05, 0) is 30.7 Å². The number of carbonyl (C=O) groups excluding carboxylic acids is 1. The highest BCUT2D eigenvalue weighted by atomic mass is 16.5. The molecule has 3 rings (SSSR count). The summed E-state index contributed by atoms with van der Waals surface area (Å²) in [6.45, 7) is 1.88. The molecule has 2 aromatic carbocycles. The van der Waals surface area contributed by atoms with Crippen molar-refractivity contribution < 1.29 is 23.8 Å². The summed E-state index contributed by atoms with van der Waals surface area (Å²) in [5.41, 5.74) is 0.156. The lowest BCUT2D eigenvalue weighted by Gasteiger charge is -2.08. The van der Waals surface area contributed by atoms with Crippen LogP contribution in [0.2, 0.25) is 0 Å². The molecule has 0 saturated heterocycles. The maximum atomic E-state index is 12.8. The minimum absolute atomic E-state index is 0.0210. The second-order valence-electron chi connectivity index (χ2n) is 5.24. The average Bonchev–Trinajstić information content (AvgIpc) is 2.62. The van der Waals surface area contributed by atoms with Gasteiger partial charge < -0.3 is 14.3 Å². The Kier molecular flexibility index (Phi) is 4.35. The number of carboxylic acid groups (broad SMARTS) is 1.